The molecule has 0 unspecified atom stereocenters. The lowest BCUT2D eigenvalue weighted by Crippen LogP contribution is -2.02. The first kappa shape index (κ1) is 15.3. The van der Waals surface area contributed by atoms with Crippen LogP contribution in [0.5, 0.6) is 0 Å². The van der Waals surface area contributed by atoms with Gasteiger partial charge in [0.15, 0.2) is 0 Å². The minimum absolute atomic E-state index is 0.526. The first-order chi connectivity index (χ1) is 12.8. The average molecular weight is 344 g/mol. The summed E-state index contributed by atoms with van der Waals surface area (Å²) >= 11 is 0. The summed E-state index contributed by atoms with van der Waals surface area (Å²) < 4.78 is 7.81. The van der Waals surface area contributed by atoms with Gasteiger partial charge in [-0.15, -0.1) is 0 Å². The fourth-order valence-corrected chi connectivity index (χ4v) is 3.80. The Morgan fingerprint density at radius 2 is 1.77 bits per heavy atom. The van der Waals surface area contributed by atoms with Crippen molar-refractivity contribution in [2.75, 3.05) is 0 Å². The van der Waals surface area contributed by atoms with Crippen molar-refractivity contribution in [3.05, 3.63) is 54.4 Å². The van der Waals surface area contributed by atoms with E-state index >= 15 is 0 Å². The maximum atomic E-state index is 5.50. The van der Waals surface area contributed by atoms with E-state index < -0.39 is 0 Å². The van der Waals surface area contributed by atoms with Crippen LogP contribution in [0.4, 0.5) is 0 Å². The smallest absolute Gasteiger partial charge is 0.258 e. The normalized spacial score (nSPS) is 15.1. The van der Waals surface area contributed by atoms with E-state index in [-0.39, 0.29) is 0 Å². The Hall–Kier alpha value is -2.95. The van der Waals surface area contributed by atoms with Gasteiger partial charge in [-0.2, -0.15) is 4.98 Å². The van der Waals surface area contributed by atoms with Gasteiger partial charge in [0.1, 0.15) is 0 Å². The molecular formula is C21H20N4O. The van der Waals surface area contributed by atoms with Crippen LogP contribution in [0.3, 0.4) is 0 Å². The van der Waals surface area contributed by atoms with Crippen molar-refractivity contribution in [2.45, 2.75) is 38.6 Å². The molecule has 0 amide bonds. The number of aryl methyl sites for hydroxylation is 1. The number of fused-ring (bicyclic) bond motifs is 1. The molecule has 0 atom stereocenters. The van der Waals surface area contributed by atoms with Crippen molar-refractivity contribution >= 4 is 11.0 Å². The lowest BCUT2D eigenvalue weighted by molar-refractivity contribution is 0.432. The summed E-state index contributed by atoms with van der Waals surface area (Å²) in [6.07, 6.45) is 7.09. The molecule has 4 aromatic rings. The number of hydrogen-bond donors (Lipinski definition) is 0. The first-order valence-corrected chi connectivity index (χ1v) is 9.16. The monoisotopic (exact) mass is 344 g/mol. The van der Waals surface area contributed by atoms with Gasteiger partial charge in [-0.05, 0) is 38.0 Å². The average Bonchev–Trinajstić information content (AvgIpc) is 3.41. The van der Waals surface area contributed by atoms with Gasteiger partial charge in [-0.1, -0.05) is 47.8 Å². The molecule has 130 valence electrons. The number of imidazole rings is 1. The molecule has 0 spiro atoms. The van der Waals surface area contributed by atoms with Crippen molar-refractivity contribution in [1.82, 2.24) is 19.7 Å². The second kappa shape index (κ2) is 6.09. The highest BCUT2D eigenvalue weighted by molar-refractivity contribution is 5.80. The first-order valence-electron chi connectivity index (χ1n) is 9.16. The van der Waals surface area contributed by atoms with Crippen LogP contribution in [-0.4, -0.2) is 19.7 Å². The Morgan fingerprint density at radius 3 is 2.58 bits per heavy atom. The third-order valence-electron chi connectivity index (χ3n) is 5.28. The van der Waals surface area contributed by atoms with Crippen LogP contribution in [-0.2, 0) is 0 Å². The van der Waals surface area contributed by atoms with Gasteiger partial charge >= 0.3 is 0 Å². The molecule has 0 aliphatic heterocycles. The van der Waals surface area contributed by atoms with E-state index in [0.29, 0.717) is 17.8 Å². The Labute approximate surface area is 151 Å². The van der Waals surface area contributed by atoms with E-state index in [1.54, 1.807) is 0 Å². The van der Waals surface area contributed by atoms with Crippen LogP contribution in [0.2, 0.25) is 0 Å². The molecule has 1 fully saturated rings. The maximum absolute atomic E-state index is 5.50. The van der Waals surface area contributed by atoms with Gasteiger partial charge < -0.3 is 9.09 Å². The zero-order chi connectivity index (χ0) is 17.5. The van der Waals surface area contributed by atoms with Crippen LogP contribution < -0.4 is 0 Å². The second-order valence-electron chi connectivity index (χ2n) is 7.08. The van der Waals surface area contributed by atoms with E-state index in [9.17, 15) is 0 Å². The minimum atomic E-state index is 0.526. The minimum Gasteiger partial charge on any atom is -0.334 e. The van der Waals surface area contributed by atoms with E-state index in [1.165, 1.54) is 36.8 Å². The van der Waals surface area contributed by atoms with Gasteiger partial charge in [0.05, 0.1) is 17.4 Å². The molecule has 2 aromatic carbocycles. The van der Waals surface area contributed by atoms with Crippen LogP contribution in [0.15, 0.2) is 53.3 Å². The predicted octanol–water partition coefficient (Wildman–Crippen LogP) is 5.18. The third kappa shape index (κ3) is 2.60. The van der Waals surface area contributed by atoms with E-state index in [4.69, 9.17) is 4.52 Å². The highest BCUT2D eigenvalue weighted by Crippen LogP contribution is 2.33. The predicted molar refractivity (Wildman–Crippen MR) is 101 cm³/mol. The van der Waals surface area contributed by atoms with Gasteiger partial charge in [0, 0.05) is 17.2 Å². The molecule has 2 aromatic heterocycles. The van der Waals surface area contributed by atoms with Gasteiger partial charge in [-0.3, -0.25) is 0 Å². The van der Waals surface area contributed by atoms with Crippen LogP contribution in [0.1, 0.15) is 37.3 Å². The number of rotatable bonds is 3. The van der Waals surface area contributed by atoms with Crippen molar-refractivity contribution in [3.8, 4) is 22.8 Å². The topological polar surface area (TPSA) is 56.7 Å². The second-order valence-corrected chi connectivity index (χ2v) is 7.08. The number of aromatic nitrogens is 4. The van der Waals surface area contributed by atoms with E-state index in [2.05, 4.69) is 32.7 Å². The van der Waals surface area contributed by atoms with E-state index in [1.807, 2.05) is 42.7 Å². The molecule has 0 saturated heterocycles. The summed E-state index contributed by atoms with van der Waals surface area (Å²) in [5, 5.41) is 4.13. The molecule has 2 heterocycles. The van der Waals surface area contributed by atoms with Crippen molar-refractivity contribution in [3.63, 3.8) is 0 Å². The van der Waals surface area contributed by atoms with Crippen LogP contribution >= 0.6 is 0 Å². The molecular weight excluding hydrogens is 324 g/mol. The molecule has 5 nitrogen and oxygen atoms in total. The third-order valence-corrected chi connectivity index (χ3v) is 5.28. The maximum Gasteiger partial charge on any atom is 0.258 e. The molecule has 1 aliphatic carbocycles. The van der Waals surface area contributed by atoms with Gasteiger partial charge in [0.25, 0.3) is 5.89 Å². The fourth-order valence-electron chi connectivity index (χ4n) is 3.80. The quantitative estimate of drug-likeness (QED) is 0.514. The molecule has 0 N–H and O–H groups in total. The molecule has 5 rings (SSSR count). The van der Waals surface area contributed by atoms with Crippen LogP contribution in [0, 0.1) is 6.92 Å². The fraction of sp³-hybridized carbons (Fsp3) is 0.286. The molecule has 0 radical (unpaired) electrons. The summed E-state index contributed by atoms with van der Waals surface area (Å²) in [5.74, 6) is 1.13. The van der Waals surface area contributed by atoms with Crippen LogP contribution in [0.25, 0.3) is 33.9 Å². The molecule has 1 aliphatic rings. The highest BCUT2D eigenvalue weighted by atomic mass is 16.5. The van der Waals surface area contributed by atoms with Gasteiger partial charge in [0.2, 0.25) is 5.82 Å². The number of hydrogen-bond acceptors (Lipinski definition) is 4. The van der Waals surface area contributed by atoms with Crippen molar-refractivity contribution < 1.29 is 4.52 Å². The molecule has 26 heavy (non-hydrogen) atoms. The van der Waals surface area contributed by atoms with Crippen molar-refractivity contribution in [2.24, 2.45) is 0 Å². The van der Waals surface area contributed by atoms with E-state index in [0.717, 1.165) is 16.6 Å². The SMILES string of the molecule is Cc1ccc(-c2noc(-c3ccc4c(c3)ncn4C3CCCC3)n2)cc1. The Kier molecular flexibility index (Phi) is 3.59. The number of benzene rings is 2. The molecule has 0 bridgehead atoms. The Morgan fingerprint density at radius 1 is 1.00 bits per heavy atom. The number of nitrogens with zero attached hydrogens (tertiary/aromatic N) is 4. The lowest BCUT2D eigenvalue weighted by atomic mass is 10.1. The van der Waals surface area contributed by atoms with Gasteiger partial charge in [-0.25, -0.2) is 4.98 Å². The summed E-state index contributed by atoms with van der Waals surface area (Å²) in [6, 6.07) is 14.9. The largest absolute Gasteiger partial charge is 0.334 e. The molecule has 1 saturated carbocycles. The Balaban J connectivity index is 1.48. The summed E-state index contributed by atoms with van der Waals surface area (Å²) in [7, 11) is 0. The summed E-state index contributed by atoms with van der Waals surface area (Å²) in [5.41, 5.74) is 5.22. The zero-order valence-electron chi connectivity index (χ0n) is 14.7. The lowest BCUT2D eigenvalue weighted by Gasteiger charge is -2.11. The molecule has 5 heteroatoms. The zero-order valence-corrected chi connectivity index (χ0v) is 14.7. The standard InChI is InChI=1S/C21H20N4O/c1-14-6-8-15(9-7-14)20-23-21(26-24-20)16-10-11-19-18(12-16)22-13-25(19)17-4-2-3-5-17/h6-13,17H,2-5H2,1H3. The van der Waals surface area contributed by atoms with Crippen molar-refractivity contribution in [1.29, 1.82) is 0 Å². The summed E-state index contributed by atoms with van der Waals surface area (Å²) in [6.45, 7) is 2.06. The highest BCUT2D eigenvalue weighted by Gasteiger charge is 2.19. The summed E-state index contributed by atoms with van der Waals surface area (Å²) in [4.78, 5) is 9.16. The Bertz CT molecular complexity index is 1060.